The third-order valence-corrected chi connectivity index (χ3v) is 5.83. The number of hydrogen-bond acceptors (Lipinski definition) is 3. The molecule has 3 nitrogen and oxygen atoms in total. The van der Waals surface area contributed by atoms with E-state index < -0.39 is 5.54 Å². The largest absolute Gasteiger partial charge is 0.493 e. The predicted octanol–water partition coefficient (Wildman–Crippen LogP) is 3.79. The Morgan fingerprint density at radius 2 is 1.92 bits per heavy atom. The lowest BCUT2D eigenvalue weighted by atomic mass is 9.81. The topological polar surface area (TPSA) is 41.5 Å². The molecule has 132 valence electrons. The number of aliphatic hydroxyl groups is 1. The standard InChI is InChI=1S/C22H27NO2/c24-16-22(11-12-25-21-10-2-1-9-20(21)22)23-15-19-8-4-7-18(14-19)13-17-5-3-6-17/h1-2,4,7-10,14,17,23-24H,3,5-6,11-13,15-16H2. The van der Waals surface area contributed by atoms with E-state index in [1.54, 1.807) is 0 Å². The molecule has 0 saturated heterocycles. The molecule has 2 N–H and O–H groups in total. The van der Waals surface area contributed by atoms with Gasteiger partial charge in [-0.2, -0.15) is 0 Å². The van der Waals surface area contributed by atoms with Crippen molar-refractivity contribution in [2.75, 3.05) is 13.2 Å². The summed E-state index contributed by atoms with van der Waals surface area (Å²) in [5.41, 5.74) is 3.37. The summed E-state index contributed by atoms with van der Waals surface area (Å²) in [7, 11) is 0. The molecular weight excluding hydrogens is 310 g/mol. The second-order valence-corrected chi connectivity index (χ2v) is 7.51. The molecule has 1 aliphatic heterocycles. The molecule has 25 heavy (non-hydrogen) atoms. The number of aliphatic hydroxyl groups excluding tert-OH is 1. The van der Waals surface area contributed by atoms with E-state index in [9.17, 15) is 5.11 Å². The highest BCUT2D eigenvalue weighted by Gasteiger charge is 2.36. The fourth-order valence-electron chi connectivity index (χ4n) is 4.03. The lowest BCUT2D eigenvalue weighted by Gasteiger charge is -2.38. The average Bonchev–Trinajstić information content (AvgIpc) is 2.63. The van der Waals surface area contributed by atoms with Gasteiger partial charge in [-0.3, -0.25) is 0 Å². The molecule has 1 aliphatic carbocycles. The van der Waals surface area contributed by atoms with Crippen LogP contribution in [0.25, 0.3) is 0 Å². The van der Waals surface area contributed by atoms with E-state index in [-0.39, 0.29) is 6.61 Å². The number of fused-ring (bicyclic) bond motifs is 1. The molecule has 1 saturated carbocycles. The van der Waals surface area contributed by atoms with Crippen LogP contribution in [-0.2, 0) is 18.5 Å². The Labute approximate surface area is 150 Å². The van der Waals surface area contributed by atoms with Crippen LogP contribution in [0.1, 0.15) is 42.4 Å². The van der Waals surface area contributed by atoms with E-state index in [1.807, 2.05) is 18.2 Å². The summed E-state index contributed by atoms with van der Waals surface area (Å²) in [6.45, 7) is 1.47. The third kappa shape index (κ3) is 3.44. The molecule has 0 bridgehead atoms. The first-order valence-electron chi connectivity index (χ1n) is 9.45. The average molecular weight is 337 g/mol. The van der Waals surface area contributed by atoms with Crippen LogP contribution in [0.15, 0.2) is 48.5 Å². The highest BCUT2D eigenvalue weighted by Crippen LogP contribution is 2.37. The van der Waals surface area contributed by atoms with E-state index in [2.05, 4.69) is 35.6 Å². The number of nitrogens with one attached hydrogen (secondary N) is 1. The Morgan fingerprint density at radius 1 is 1.08 bits per heavy atom. The van der Waals surface area contributed by atoms with E-state index >= 15 is 0 Å². The maximum absolute atomic E-state index is 10.2. The first-order chi connectivity index (χ1) is 12.3. The van der Waals surface area contributed by atoms with Gasteiger partial charge in [0, 0.05) is 18.5 Å². The van der Waals surface area contributed by atoms with Crippen molar-refractivity contribution in [2.45, 2.75) is 44.2 Å². The highest BCUT2D eigenvalue weighted by atomic mass is 16.5. The van der Waals surface area contributed by atoms with Crippen molar-refractivity contribution in [1.29, 1.82) is 0 Å². The minimum Gasteiger partial charge on any atom is -0.493 e. The Morgan fingerprint density at radius 3 is 2.72 bits per heavy atom. The Bertz CT molecular complexity index is 725. The molecule has 3 heteroatoms. The third-order valence-electron chi connectivity index (χ3n) is 5.83. The van der Waals surface area contributed by atoms with Gasteiger partial charge in [0.25, 0.3) is 0 Å². The van der Waals surface area contributed by atoms with Crippen LogP contribution in [-0.4, -0.2) is 18.3 Å². The highest BCUT2D eigenvalue weighted by molar-refractivity contribution is 5.41. The van der Waals surface area contributed by atoms with Crippen molar-refractivity contribution in [1.82, 2.24) is 5.32 Å². The molecule has 1 fully saturated rings. The molecular formula is C22H27NO2. The van der Waals surface area contributed by atoms with Crippen molar-refractivity contribution in [2.24, 2.45) is 5.92 Å². The zero-order chi connectivity index (χ0) is 17.1. The van der Waals surface area contributed by atoms with E-state index in [0.717, 1.165) is 30.2 Å². The van der Waals surface area contributed by atoms with Gasteiger partial charge in [-0.25, -0.2) is 0 Å². The lowest BCUT2D eigenvalue weighted by molar-refractivity contribution is 0.106. The van der Waals surface area contributed by atoms with Gasteiger partial charge in [-0.15, -0.1) is 0 Å². The summed E-state index contributed by atoms with van der Waals surface area (Å²) >= 11 is 0. The molecule has 0 radical (unpaired) electrons. The number of benzene rings is 2. The van der Waals surface area contributed by atoms with Gasteiger partial charge in [0.2, 0.25) is 0 Å². The summed E-state index contributed by atoms with van der Waals surface area (Å²) < 4.78 is 5.76. The second-order valence-electron chi connectivity index (χ2n) is 7.51. The van der Waals surface area contributed by atoms with Crippen LogP contribution < -0.4 is 10.1 Å². The van der Waals surface area contributed by atoms with Gasteiger partial charge >= 0.3 is 0 Å². The zero-order valence-electron chi connectivity index (χ0n) is 14.7. The SMILES string of the molecule is OCC1(NCc2cccc(CC3CCC3)c2)CCOc2ccccc21. The Hall–Kier alpha value is -1.84. The summed E-state index contributed by atoms with van der Waals surface area (Å²) in [4.78, 5) is 0. The smallest absolute Gasteiger partial charge is 0.124 e. The van der Waals surface area contributed by atoms with Crippen LogP contribution >= 0.6 is 0 Å². The number of rotatable bonds is 6. The molecule has 0 amide bonds. The quantitative estimate of drug-likeness (QED) is 0.843. The first kappa shape index (κ1) is 16.6. The molecule has 1 unspecified atom stereocenters. The van der Waals surface area contributed by atoms with Crippen molar-refractivity contribution in [3.8, 4) is 5.75 Å². The lowest BCUT2D eigenvalue weighted by Crippen LogP contribution is -2.48. The molecule has 2 aromatic carbocycles. The van der Waals surface area contributed by atoms with Crippen LogP contribution in [0.4, 0.5) is 0 Å². The monoisotopic (exact) mass is 337 g/mol. The molecule has 1 heterocycles. The predicted molar refractivity (Wildman–Crippen MR) is 99.6 cm³/mol. The van der Waals surface area contributed by atoms with Crippen molar-refractivity contribution < 1.29 is 9.84 Å². The van der Waals surface area contributed by atoms with Crippen molar-refractivity contribution >= 4 is 0 Å². The van der Waals surface area contributed by atoms with E-state index in [0.29, 0.717) is 6.61 Å². The van der Waals surface area contributed by atoms with E-state index in [4.69, 9.17) is 4.74 Å². The number of para-hydroxylation sites is 1. The Balaban J connectivity index is 1.49. The maximum atomic E-state index is 10.2. The van der Waals surface area contributed by atoms with E-state index in [1.165, 1.54) is 36.8 Å². The first-order valence-corrected chi connectivity index (χ1v) is 9.45. The van der Waals surface area contributed by atoms with Crippen LogP contribution in [0.2, 0.25) is 0 Å². The zero-order valence-corrected chi connectivity index (χ0v) is 14.7. The minimum absolute atomic E-state index is 0.0785. The van der Waals surface area contributed by atoms with Gasteiger partial charge in [0.15, 0.2) is 0 Å². The Kier molecular flexibility index (Phi) is 4.78. The number of hydrogen-bond donors (Lipinski definition) is 2. The molecule has 2 aromatic rings. The van der Waals surface area contributed by atoms with Gasteiger partial charge in [-0.05, 0) is 29.5 Å². The molecule has 2 aliphatic rings. The van der Waals surface area contributed by atoms with Gasteiger partial charge in [0.1, 0.15) is 5.75 Å². The molecule has 0 spiro atoms. The van der Waals surface area contributed by atoms with Crippen molar-refractivity contribution in [3.05, 3.63) is 65.2 Å². The van der Waals surface area contributed by atoms with Gasteiger partial charge < -0.3 is 15.2 Å². The van der Waals surface area contributed by atoms with Gasteiger partial charge in [0.05, 0.1) is 18.8 Å². The van der Waals surface area contributed by atoms with Crippen LogP contribution in [0.5, 0.6) is 5.75 Å². The summed E-state index contributed by atoms with van der Waals surface area (Å²) in [5, 5.41) is 13.8. The maximum Gasteiger partial charge on any atom is 0.124 e. The fourth-order valence-corrected chi connectivity index (χ4v) is 4.03. The van der Waals surface area contributed by atoms with Crippen LogP contribution in [0, 0.1) is 5.92 Å². The summed E-state index contributed by atoms with van der Waals surface area (Å²) in [6.07, 6.45) is 6.14. The van der Waals surface area contributed by atoms with Crippen LogP contribution in [0.3, 0.4) is 0 Å². The normalized spacial score (nSPS) is 22.8. The summed E-state index contributed by atoms with van der Waals surface area (Å²) in [5.74, 6) is 1.77. The molecule has 0 aromatic heterocycles. The van der Waals surface area contributed by atoms with Crippen molar-refractivity contribution in [3.63, 3.8) is 0 Å². The number of ether oxygens (including phenoxy) is 1. The minimum atomic E-state index is -0.418. The fraction of sp³-hybridized carbons (Fsp3) is 0.455. The molecule has 1 atom stereocenters. The second kappa shape index (κ2) is 7.19. The summed E-state index contributed by atoms with van der Waals surface area (Å²) in [6, 6.07) is 16.9. The molecule has 4 rings (SSSR count). The van der Waals surface area contributed by atoms with Gasteiger partial charge in [-0.1, -0.05) is 61.7 Å².